The molecule has 0 saturated heterocycles. The maximum absolute atomic E-state index is 10.6. The number of fused-ring (bicyclic) bond motifs is 2. The van der Waals surface area contributed by atoms with E-state index in [9.17, 15) is 19.6 Å². The molecule has 0 saturated carbocycles. The molecule has 1 amide bonds. The van der Waals surface area contributed by atoms with Crippen LogP contribution in [0.25, 0.3) is 0 Å². The molecule has 2 aliphatic heterocycles. The largest absolute Gasteiger partial charge is 0.495 e. The van der Waals surface area contributed by atoms with Gasteiger partial charge in [0, 0.05) is 10.9 Å². The first kappa shape index (κ1) is 27.0. The van der Waals surface area contributed by atoms with Crippen molar-refractivity contribution in [2.45, 2.75) is 28.1 Å². The van der Waals surface area contributed by atoms with E-state index < -0.39 is 32.7 Å². The number of benzene rings is 2. The number of carboxylic acids is 1. The molecule has 0 fully saturated rings. The van der Waals surface area contributed by atoms with E-state index in [4.69, 9.17) is 29.6 Å². The molecule has 0 spiro atoms. The molecule has 0 radical (unpaired) electrons. The molecular formula is C20H27B2NO9. The van der Waals surface area contributed by atoms with Gasteiger partial charge in [-0.3, -0.25) is 4.79 Å². The zero-order valence-electron chi connectivity index (χ0n) is 15.8. The van der Waals surface area contributed by atoms with Crippen LogP contribution < -0.4 is 26.1 Å². The highest BCUT2D eigenvalue weighted by Crippen LogP contribution is 2.18. The van der Waals surface area contributed by atoms with Crippen molar-refractivity contribution in [3.8, 4) is 11.5 Å². The summed E-state index contributed by atoms with van der Waals surface area (Å²) < 4.78 is 20.2. The molecule has 10 nitrogen and oxygen atoms in total. The number of hydrogen-bond donors (Lipinski definition) is 4. The van der Waals surface area contributed by atoms with Crippen LogP contribution >= 0.6 is 0 Å². The van der Waals surface area contributed by atoms with Crippen molar-refractivity contribution in [3.63, 3.8) is 0 Å². The highest BCUT2D eigenvalue weighted by Gasteiger charge is 2.31. The second-order valence-electron chi connectivity index (χ2n) is 6.42. The predicted octanol–water partition coefficient (Wildman–Crippen LogP) is -0.592. The fourth-order valence-electron chi connectivity index (χ4n) is 3.04. The highest BCUT2D eigenvalue weighted by atomic mass is 16.5. The molecule has 0 bridgehead atoms. The van der Waals surface area contributed by atoms with Gasteiger partial charge in [-0.25, -0.2) is 4.79 Å². The summed E-state index contributed by atoms with van der Waals surface area (Å²) >= 11 is 0. The number of nitrogens with two attached hydrogens (primary N) is 1. The Bertz CT molecular complexity index is 866. The van der Waals surface area contributed by atoms with Crippen LogP contribution in [0.3, 0.4) is 0 Å². The summed E-state index contributed by atoms with van der Waals surface area (Å²) in [4.78, 5) is 20.9. The van der Waals surface area contributed by atoms with Crippen molar-refractivity contribution in [2.24, 2.45) is 5.73 Å². The average Bonchev–Trinajstić information content (AvgIpc) is 3.29. The first-order chi connectivity index (χ1) is 14.4. The Morgan fingerprint density at radius 1 is 0.875 bits per heavy atom. The number of carboxylic acid groups (broad SMARTS) is 1. The first-order valence-electron chi connectivity index (χ1n) is 8.95. The summed E-state index contributed by atoms with van der Waals surface area (Å²) in [6, 6.07) is 10.4. The van der Waals surface area contributed by atoms with Crippen molar-refractivity contribution >= 4 is 37.0 Å². The molecule has 4 rings (SSSR count). The Labute approximate surface area is 187 Å². The van der Waals surface area contributed by atoms with Gasteiger partial charge < -0.3 is 39.7 Å². The molecule has 5 N–H and O–H groups in total. The second-order valence-corrected chi connectivity index (χ2v) is 6.42. The fourth-order valence-corrected chi connectivity index (χ4v) is 3.04. The van der Waals surface area contributed by atoms with Crippen molar-refractivity contribution in [1.29, 1.82) is 0 Å². The highest BCUT2D eigenvalue weighted by molar-refractivity contribution is 6.63. The van der Waals surface area contributed by atoms with Gasteiger partial charge >= 0.3 is 20.2 Å². The number of ether oxygens (including phenoxy) is 2. The number of aliphatic carboxylic acids is 1. The van der Waals surface area contributed by atoms with E-state index in [0.29, 0.717) is 35.6 Å². The third-order valence-electron chi connectivity index (χ3n) is 4.32. The summed E-state index contributed by atoms with van der Waals surface area (Å²) in [7, 11) is -2.01. The van der Waals surface area contributed by atoms with E-state index in [1.165, 1.54) is 0 Å². The van der Waals surface area contributed by atoms with E-state index in [-0.39, 0.29) is 21.5 Å². The molecule has 0 aromatic heterocycles. The Kier molecular flexibility index (Phi) is 10.2. The number of rotatable bonds is 6. The van der Waals surface area contributed by atoms with Gasteiger partial charge in [-0.15, -0.1) is 0 Å². The lowest BCUT2D eigenvalue weighted by Gasteiger charge is -2.08. The van der Waals surface area contributed by atoms with Gasteiger partial charge in [0.25, 0.3) is 5.91 Å². The molecular weight excluding hydrogens is 420 g/mol. The minimum absolute atomic E-state index is 0. The SMILES string of the molecule is C.C.NC(=O)COc1cccc2c1B(O)OC2.O=C(O)COc1cccc2c1B(O)OC2. The molecule has 0 atom stereocenters. The number of carbonyl (C=O) groups excluding carboxylic acids is 1. The van der Waals surface area contributed by atoms with Gasteiger partial charge in [0.2, 0.25) is 0 Å². The fraction of sp³-hybridized carbons (Fsp3) is 0.300. The maximum atomic E-state index is 10.6. The molecule has 172 valence electrons. The number of carbonyl (C=O) groups is 2. The van der Waals surface area contributed by atoms with Crippen molar-refractivity contribution in [2.75, 3.05) is 13.2 Å². The van der Waals surface area contributed by atoms with Crippen molar-refractivity contribution in [1.82, 2.24) is 0 Å². The Balaban J connectivity index is 0.000000301. The number of hydrogen-bond acceptors (Lipinski definition) is 8. The van der Waals surface area contributed by atoms with Crippen molar-refractivity contribution in [3.05, 3.63) is 47.5 Å². The van der Waals surface area contributed by atoms with Crippen LogP contribution in [-0.4, -0.2) is 54.5 Å². The number of primary amides is 1. The monoisotopic (exact) mass is 447 g/mol. The van der Waals surface area contributed by atoms with Gasteiger partial charge in [-0.1, -0.05) is 39.1 Å². The van der Waals surface area contributed by atoms with Crippen LogP contribution in [0, 0.1) is 0 Å². The molecule has 2 aliphatic rings. The van der Waals surface area contributed by atoms with Crippen LogP contribution in [0.2, 0.25) is 0 Å². The Hall–Kier alpha value is -3.05. The van der Waals surface area contributed by atoms with Gasteiger partial charge in [0.05, 0.1) is 13.2 Å². The van der Waals surface area contributed by atoms with E-state index in [0.717, 1.165) is 11.1 Å². The van der Waals surface area contributed by atoms with Crippen LogP contribution in [0.15, 0.2) is 36.4 Å². The topological polar surface area (TPSA) is 158 Å². The van der Waals surface area contributed by atoms with Crippen molar-refractivity contribution < 1.29 is 43.5 Å². The average molecular weight is 447 g/mol. The molecule has 32 heavy (non-hydrogen) atoms. The lowest BCUT2D eigenvalue weighted by molar-refractivity contribution is -0.139. The van der Waals surface area contributed by atoms with E-state index in [2.05, 4.69) is 0 Å². The lowest BCUT2D eigenvalue weighted by Crippen LogP contribution is -2.31. The summed E-state index contributed by atoms with van der Waals surface area (Å²) in [5.74, 6) is -0.807. The van der Waals surface area contributed by atoms with Crippen LogP contribution in [0.5, 0.6) is 11.5 Å². The van der Waals surface area contributed by atoms with Gasteiger partial charge in [0.15, 0.2) is 13.2 Å². The number of amides is 1. The lowest BCUT2D eigenvalue weighted by atomic mass is 9.79. The van der Waals surface area contributed by atoms with Crippen LogP contribution in [0.4, 0.5) is 0 Å². The standard InChI is InChI=1S/C9H10BNO4.C9H9BO5.2CH4/c2*11-8(12)5-14-7-3-1-2-6-4-15-10(13)9(6)7;;/h1-3,13H,4-5H2,(H2,11,12);1-3,13H,4-5H2,(H,11,12);2*1H4. The minimum Gasteiger partial charge on any atom is -0.484 e. The summed E-state index contributed by atoms with van der Waals surface area (Å²) in [5.41, 5.74) is 7.76. The Morgan fingerprint density at radius 2 is 1.31 bits per heavy atom. The molecule has 2 aromatic rings. The van der Waals surface area contributed by atoms with E-state index in [1.807, 2.05) is 6.07 Å². The predicted molar refractivity (Wildman–Crippen MR) is 119 cm³/mol. The first-order valence-corrected chi connectivity index (χ1v) is 8.95. The zero-order chi connectivity index (χ0) is 21.7. The molecule has 2 heterocycles. The maximum Gasteiger partial charge on any atom is 0.495 e. The van der Waals surface area contributed by atoms with E-state index >= 15 is 0 Å². The smallest absolute Gasteiger partial charge is 0.484 e. The quantitative estimate of drug-likeness (QED) is 0.425. The normalized spacial score (nSPS) is 12.9. The van der Waals surface area contributed by atoms with Crippen LogP contribution in [0.1, 0.15) is 26.0 Å². The zero-order valence-corrected chi connectivity index (χ0v) is 15.8. The van der Waals surface area contributed by atoms with Gasteiger partial charge in [-0.05, 0) is 23.3 Å². The summed E-state index contributed by atoms with van der Waals surface area (Å²) in [6.45, 7) is 0.0391. The second kappa shape index (κ2) is 12.1. The Morgan fingerprint density at radius 3 is 1.72 bits per heavy atom. The van der Waals surface area contributed by atoms with Gasteiger partial charge in [0.1, 0.15) is 11.5 Å². The third-order valence-corrected chi connectivity index (χ3v) is 4.32. The molecule has 0 aliphatic carbocycles. The van der Waals surface area contributed by atoms with Gasteiger partial charge in [-0.2, -0.15) is 0 Å². The molecule has 0 unspecified atom stereocenters. The van der Waals surface area contributed by atoms with E-state index in [1.54, 1.807) is 30.3 Å². The van der Waals surface area contributed by atoms with Crippen LogP contribution in [-0.2, 0) is 32.1 Å². The molecule has 2 aromatic carbocycles. The molecule has 12 heteroatoms. The summed E-state index contributed by atoms with van der Waals surface area (Å²) in [5, 5.41) is 27.5. The minimum atomic E-state index is -1.05. The third kappa shape index (κ3) is 6.47. The summed E-state index contributed by atoms with van der Waals surface area (Å²) in [6.07, 6.45) is 0.